The molecule has 1 unspecified atom stereocenters. The van der Waals surface area contributed by atoms with Crippen LogP contribution in [0.2, 0.25) is 0 Å². The first-order valence-electron chi connectivity index (χ1n) is 7.97. The third-order valence-corrected chi connectivity index (χ3v) is 3.90. The molecule has 0 aromatic carbocycles. The molecule has 7 nitrogen and oxygen atoms in total. The molecule has 7 heteroatoms. The van der Waals surface area contributed by atoms with E-state index < -0.39 is 0 Å². The van der Waals surface area contributed by atoms with Gasteiger partial charge >= 0.3 is 6.01 Å². The average molecular weight is 305 g/mol. The number of nitrogen functional groups attached to an aromatic ring is 1. The summed E-state index contributed by atoms with van der Waals surface area (Å²) < 4.78 is 13.5. The van der Waals surface area contributed by atoms with E-state index in [9.17, 15) is 0 Å². The predicted octanol–water partition coefficient (Wildman–Crippen LogP) is 2.68. The summed E-state index contributed by atoms with van der Waals surface area (Å²) in [6, 6.07) is 0.309. The molecule has 2 atom stereocenters. The van der Waals surface area contributed by atoms with Gasteiger partial charge in [-0.1, -0.05) is 13.3 Å². The molecule has 2 aromatic rings. The zero-order valence-electron chi connectivity index (χ0n) is 13.2. The van der Waals surface area contributed by atoms with Crippen molar-refractivity contribution < 1.29 is 9.47 Å². The molecular weight excluding hydrogens is 282 g/mol. The Morgan fingerprint density at radius 1 is 1.45 bits per heavy atom. The second-order valence-electron chi connectivity index (χ2n) is 5.75. The zero-order valence-corrected chi connectivity index (χ0v) is 13.2. The minimum absolute atomic E-state index is 0.0334. The molecule has 0 spiro atoms. The van der Waals surface area contributed by atoms with Crippen molar-refractivity contribution in [1.29, 1.82) is 0 Å². The van der Waals surface area contributed by atoms with Crippen LogP contribution in [0.3, 0.4) is 0 Å². The summed E-state index contributed by atoms with van der Waals surface area (Å²) >= 11 is 0. The maximum absolute atomic E-state index is 6.00. The van der Waals surface area contributed by atoms with Gasteiger partial charge in [0, 0.05) is 6.61 Å². The number of fused-ring (bicyclic) bond motifs is 1. The second-order valence-corrected chi connectivity index (χ2v) is 5.75. The van der Waals surface area contributed by atoms with Crippen molar-refractivity contribution in [2.24, 2.45) is 0 Å². The number of hydrogen-bond donors (Lipinski definition) is 1. The SMILES string of the molecule is CCC[C@@H](C)Oc1nc(N)c2ncn(C3CCCCO3)c2n1. The Hall–Kier alpha value is -1.89. The van der Waals surface area contributed by atoms with E-state index in [1.165, 1.54) is 0 Å². The van der Waals surface area contributed by atoms with Gasteiger partial charge in [0.05, 0.1) is 12.4 Å². The minimum Gasteiger partial charge on any atom is -0.460 e. The lowest BCUT2D eigenvalue weighted by Gasteiger charge is -2.23. The summed E-state index contributed by atoms with van der Waals surface area (Å²) in [5.74, 6) is 0.346. The van der Waals surface area contributed by atoms with Crippen LogP contribution in [0.5, 0.6) is 6.01 Å². The number of nitrogens with zero attached hydrogens (tertiary/aromatic N) is 4. The van der Waals surface area contributed by atoms with Crippen LogP contribution < -0.4 is 10.5 Å². The van der Waals surface area contributed by atoms with Gasteiger partial charge in [0.15, 0.2) is 17.0 Å². The number of nitrogens with two attached hydrogens (primary N) is 1. The van der Waals surface area contributed by atoms with Crippen LogP contribution in [0.15, 0.2) is 6.33 Å². The molecule has 3 heterocycles. The Balaban J connectivity index is 1.92. The number of ether oxygens (including phenoxy) is 2. The summed E-state index contributed by atoms with van der Waals surface area (Å²) in [7, 11) is 0. The lowest BCUT2D eigenvalue weighted by molar-refractivity contribution is -0.0298. The van der Waals surface area contributed by atoms with Crippen molar-refractivity contribution in [3.05, 3.63) is 6.33 Å². The van der Waals surface area contributed by atoms with E-state index in [1.54, 1.807) is 6.33 Å². The van der Waals surface area contributed by atoms with E-state index in [0.29, 0.717) is 23.0 Å². The fraction of sp³-hybridized carbons (Fsp3) is 0.667. The molecule has 22 heavy (non-hydrogen) atoms. The lowest BCUT2D eigenvalue weighted by Crippen LogP contribution is -2.18. The molecule has 0 aliphatic carbocycles. The first-order valence-corrected chi connectivity index (χ1v) is 7.97. The maximum atomic E-state index is 6.00. The first kappa shape index (κ1) is 15.0. The molecule has 0 saturated carbocycles. The van der Waals surface area contributed by atoms with E-state index in [-0.39, 0.29) is 12.3 Å². The lowest BCUT2D eigenvalue weighted by atomic mass is 10.2. The molecule has 2 N–H and O–H groups in total. The molecule has 1 aliphatic rings. The van der Waals surface area contributed by atoms with E-state index >= 15 is 0 Å². The third kappa shape index (κ3) is 2.99. The summed E-state index contributed by atoms with van der Waals surface area (Å²) in [5.41, 5.74) is 7.28. The minimum atomic E-state index is -0.0334. The number of rotatable bonds is 5. The monoisotopic (exact) mass is 305 g/mol. The fourth-order valence-electron chi connectivity index (χ4n) is 2.77. The second kappa shape index (κ2) is 6.48. The van der Waals surface area contributed by atoms with Gasteiger partial charge in [-0.15, -0.1) is 0 Å². The fourth-order valence-corrected chi connectivity index (χ4v) is 2.77. The van der Waals surface area contributed by atoms with Gasteiger partial charge in [-0.25, -0.2) is 4.98 Å². The maximum Gasteiger partial charge on any atom is 0.320 e. The van der Waals surface area contributed by atoms with Crippen LogP contribution in [-0.4, -0.2) is 32.2 Å². The van der Waals surface area contributed by atoms with Gasteiger partial charge in [-0.2, -0.15) is 9.97 Å². The molecule has 120 valence electrons. The zero-order chi connectivity index (χ0) is 15.5. The van der Waals surface area contributed by atoms with Gasteiger partial charge in [0.1, 0.15) is 6.23 Å². The molecule has 0 radical (unpaired) electrons. The summed E-state index contributed by atoms with van der Waals surface area (Å²) in [6.45, 7) is 4.89. The van der Waals surface area contributed by atoms with Gasteiger partial charge < -0.3 is 15.2 Å². The Kier molecular flexibility index (Phi) is 4.42. The molecular formula is C15H23N5O2. The topological polar surface area (TPSA) is 88.1 Å². The highest BCUT2D eigenvalue weighted by molar-refractivity contribution is 5.81. The average Bonchev–Trinajstić information content (AvgIpc) is 2.92. The van der Waals surface area contributed by atoms with E-state index in [2.05, 4.69) is 21.9 Å². The molecule has 2 aromatic heterocycles. The van der Waals surface area contributed by atoms with Gasteiger partial charge in [0.2, 0.25) is 0 Å². The van der Waals surface area contributed by atoms with Crippen molar-refractivity contribution in [3.8, 4) is 6.01 Å². The highest BCUT2D eigenvalue weighted by Gasteiger charge is 2.21. The quantitative estimate of drug-likeness (QED) is 0.913. The number of imidazole rings is 1. The Morgan fingerprint density at radius 2 is 2.32 bits per heavy atom. The standard InChI is InChI=1S/C15H23N5O2/c1-3-6-10(2)22-15-18-13(16)12-14(19-15)20(9-17-12)11-7-4-5-8-21-11/h9-11H,3-8H2,1-2H3,(H2,16,18,19)/t10-,11?/m1/s1. The molecule has 0 amide bonds. The van der Waals surface area contributed by atoms with Gasteiger partial charge in [-0.3, -0.25) is 4.57 Å². The molecule has 1 saturated heterocycles. The highest BCUT2D eigenvalue weighted by atomic mass is 16.5. The van der Waals surface area contributed by atoms with E-state index in [1.807, 2.05) is 11.5 Å². The van der Waals surface area contributed by atoms with Crippen LogP contribution in [-0.2, 0) is 4.74 Å². The van der Waals surface area contributed by atoms with Crippen molar-refractivity contribution in [2.45, 2.75) is 58.3 Å². The van der Waals surface area contributed by atoms with E-state index in [4.69, 9.17) is 15.2 Å². The van der Waals surface area contributed by atoms with Crippen LogP contribution in [0, 0.1) is 0 Å². The molecule has 3 rings (SSSR count). The highest BCUT2D eigenvalue weighted by Crippen LogP contribution is 2.28. The number of anilines is 1. The third-order valence-electron chi connectivity index (χ3n) is 3.90. The predicted molar refractivity (Wildman–Crippen MR) is 83.6 cm³/mol. The number of aromatic nitrogens is 4. The first-order chi connectivity index (χ1) is 10.7. The largest absolute Gasteiger partial charge is 0.460 e. The van der Waals surface area contributed by atoms with Gasteiger partial charge in [0.25, 0.3) is 0 Å². The van der Waals surface area contributed by atoms with Crippen LogP contribution in [0.4, 0.5) is 5.82 Å². The van der Waals surface area contributed by atoms with Gasteiger partial charge in [-0.05, 0) is 32.6 Å². The molecule has 1 fully saturated rings. The molecule has 1 aliphatic heterocycles. The van der Waals surface area contributed by atoms with Crippen molar-refractivity contribution in [3.63, 3.8) is 0 Å². The van der Waals surface area contributed by atoms with Crippen molar-refractivity contribution in [2.75, 3.05) is 12.3 Å². The van der Waals surface area contributed by atoms with Crippen LogP contribution in [0.1, 0.15) is 52.2 Å². The Bertz CT molecular complexity index is 636. The number of hydrogen-bond acceptors (Lipinski definition) is 6. The Labute approximate surface area is 129 Å². The Morgan fingerprint density at radius 3 is 3.05 bits per heavy atom. The summed E-state index contributed by atoms with van der Waals surface area (Å²) in [5, 5.41) is 0. The molecule has 0 bridgehead atoms. The van der Waals surface area contributed by atoms with Crippen LogP contribution in [0.25, 0.3) is 11.2 Å². The van der Waals surface area contributed by atoms with E-state index in [0.717, 1.165) is 38.7 Å². The smallest absolute Gasteiger partial charge is 0.320 e. The normalized spacial score (nSPS) is 20.2. The van der Waals surface area contributed by atoms with Crippen molar-refractivity contribution in [1.82, 2.24) is 19.5 Å². The summed E-state index contributed by atoms with van der Waals surface area (Å²) in [4.78, 5) is 13.0. The van der Waals surface area contributed by atoms with Crippen LogP contribution >= 0.6 is 0 Å². The summed E-state index contributed by atoms with van der Waals surface area (Å²) in [6.07, 6.45) is 6.95. The van der Waals surface area contributed by atoms with Crippen molar-refractivity contribution >= 4 is 17.0 Å².